The van der Waals surface area contributed by atoms with Crippen LogP contribution in [0, 0.1) is 5.92 Å². The summed E-state index contributed by atoms with van der Waals surface area (Å²) in [6.07, 6.45) is 6.59. The van der Waals surface area contributed by atoms with Gasteiger partial charge in [-0.2, -0.15) is 0 Å². The van der Waals surface area contributed by atoms with E-state index in [9.17, 15) is 5.11 Å². The molecule has 0 amide bonds. The van der Waals surface area contributed by atoms with E-state index in [0.717, 1.165) is 11.7 Å². The Labute approximate surface area is 115 Å². The third-order valence-corrected chi connectivity index (χ3v) is 4.58. The Morgan fingerprint density at radius 2 is 2.26 bits per heavy atom. The maximum atomic E-state index is 9.47. The van der Waals surface area contributed by atoms with Crippen molar-refractivity contribution in [2.75, 3.05) is 6.61 Å². The summed E-state index contributed by atoms with van der Waals surface area (Å²) in [6.45, 7) is 2.98. The van der Waals surface area contributed by atoms with Gasteiger partial charge in [-0.25, -0.2) is 0 Å². The molecular weight excluding hydrogens is 238 g/mol. The molecule has 0 radical (unpaired) electrons. The van der Waals surface area contributed by atoms with Gasteiger partial charge in [0.05, 0.1) is 6.04 Å². The van der Waals surface area contributed by atoms with Crippen LogP contribution >= 0.6 is 0 Å². The minimum Gasteiger partial charge on any atom is -0.508 e. The predicted octanol–water partition coefficient (Wildman–Crippen LogP) is 3.38. The third-order valence-electron chi connectivity index (χ3n) is 4.58. The number of benzene rings is 1. The highest BCUT2D eigenvalue weighted by Gasteiger charge is 2.28. The summed E-state index contributed by atoms with van der Waals surface area (Å²) >= 11 is 0. The molecule has 104 valence electrons. The molecule has 2 aliphatic rings. The van der Waals surface area contributed by atoms with E-state index in [1.165, 1.54) is 37.7 Å². The van der Waals surface area contributed by atoms with Crippen LogP contribution in [0.1, 0.15) is 50.6 Å². The second-order valence-electron chi connectivity index (χ2n) is 5.89. The van der Waals surface area contributed by atoms with Crippen molar-refractivity contribution in [3.63, 3.8) is 0 Å². The molecule has 2 N–H and O–H groups in total. The van der Waals surface area contributed by atoms with E-state index in [1.807, 2.05) is 6.07 Å². The number of aromatic hydroxyl groups is 1. The van der Waals surface area contributed by atoms with Crippen LogP contribution in [0.4, 0.5) is 0 Å². The van der Waals surface area contributed by atoms with E-state index < -0.39 is 0 Å². The summed E-state index contributed by atoms with van der Waals surface area (Å²) in [7, 11) is 0. The fraction of sp³-hybridized carbons (Fsp3) is 0.625. The molecule has 0 saturated heterocycles. The van der Waals surface area contributed by atoms with E-state index in [2.05, 4.69) is 12.2 Å². The molecule has 0 bridgehead atoms. The van der Waals surface area contributed by atoms with E-state index in [0.29, 0.717) is 12.6 Å². The van der Waals surface area contributed by atoms with E-state index in [4.69, 9.17) is 4.74 Å². The summed E-state index contributed by atoms with van der Waals surface area (Å²) < 4.78 is 5.66. The summed E-state index contributed by atoms with van der Waals surface area (Å²) in [5.74, 6) is 2.00. The van der Waals surface area contributed by atoms with Crippen LogP contribution in [0.3, 0.4) is 0 Å². The van der Waals surface area contributed by atoms with Gasteiger partial charge in [-0.05, 0) is 30.9 Å². The molecule has 3 heteroatoms. The molecule has 3 nitrogen and oxygen atoms in total. The minimum absolute atomic E-state index is 0.281. The number of rotatable bonds is 3. The Morgan fingerprint density at radius 1 is 1.37 bits per heavy atom. The number of nitrogens with one attached hydrogen (secondary N) is 1. The Kier molecular flexibility index (Phi) is 3.65. The van der Waals surface area contributed by atoms with Crippen molar-refractivity contribution in [3.05, 3.63) is 23.8 Å². The number of phenols is 1. The largest absolute Gasteiger partial charge is 0.508 e. The summed E-state index contributed by atoms with van der Waals surface area (Å²) in [6, 6.07) is 6.35. The predicted molar refractivity (Wildman–Crippen MR) is 75.5 cm³/mol. The fourth-order valence-electron chi connectivity index (χ4n) is 3.43. The van der Waals surface area contributed by atoms with E-state index in [-0.39, 0.29) is 11.8 Å². The van der Waals surface area contributed by atoms with Crippen molar-refractivity contribution in [1.82, 2.24) is 5.32 Å². The zero-order valence-corrected chi connectivity index (χ0v) is 11.6. The highest BCUT2D eigenvalue weighted by atomic mass is 16.5. The van der Waals surface area contributed by atoms with Gasteiger partial charge in [0.15, 0.2) is 0 Å². The molecule has 1 fully saturated rings. The highest BCUT2D eigenvalue weighted by molar-refractivity contribution is 5.44. The van der Waals surface area contributed by atoms with Crippen molar-refractivity contribution >= 4 is 0 Å². The number of hydrogen-bond donors (Lipinski definition) is 2. The lowest BCUT2D eigenvalue weighted by atomic mass is 9.84. The third kappa shape index (κ3) is 2.71. The van der Waals surface area contributed by atoms with Crippen LogP contribution in [0.15, 0.2) is 18.2 Å². The fourth-order valence-corrected chi connectivity index (χ4v) is 3.43. The standard InChI is InChI=1S/C16H23NO2/c1-2-11-4-3-5-12(8-11)17-15-10-19-16-9-13(18)6-7-14(15)16/h6-7,9,11-12,15,17-18H,2-5,8,10H2,1H3. The summed E-state index contributed by atoms with van der Waals surface area (Å²) in [5, 5.41) is 13.2. The first-order chi connectivity index (χ1) is 9.26. The molecule has 19 heavy (non-hydrogen) atoms. The van der Waals surface area contributed by atoms with E-state index >= 15 is 0 Å². The van der Waals surface area contributed by atoms with Crippen molar-refractivity contribution in [2.45, 2.75) is 51.1 Å². The molecule has 0 aromatic heterocycles. The van der Waals surface area contributed by atoms with Crippen molar-refractivity contribution in [1.29, 1.82) is 0 Å². The Bertz CT molecular complexity index is 446. The summed E-state index contributed by atoms with van der Waals surface area (Å²) in [4.78, 5) is 0. The van der Waals surface area contributed by atoms with Gasteiger partial charge in [-0.15, -0.1) is 0 Å². The summed E-state index contributed by atoms with van der Waals surface area (Å²) in [5.41, 5.74) is 1.19. The SMILES string of the molecule is CCC1CCCC(NC2COc3cc(O)ccc32)C1. The Morgan fingerprint density at radius 3 is 3.11 bits per heavy atom. The van der Waals surface area contributed by atoms with Gasteiger partial charge in [0.2, 0.25) is 0 Å². The smallest absolute Gasteiger partial charge is 0.127 e. The molecule has 3 unspecified atom stereocenters. The lowest BCUT2D eigenvalue weighted by molar-refractivity contribution is 0.239. The van der Waals surface area contributed by atoms with Crippen LogP contribution in [-0.4, -0.2) is 17.8 Å². The van der Waals surface area contributed by atoms with Crippen molar-refractivity contribution in [2.24, 2.45) is 5.92 Å². The monoisotopic (exact) mass is 261 g/mol. The van der Waals surface area contributed by atoms with Gasteiger partial charge in [0.25, 0.3) is 0 Å². The number of ether oxygens (including phenoxy) is 1. The van der Waals surface area contributed by atoms with Gasteiger partial charge < -0.3 is 15.2 Å². The minimum atomic E-state index is 0.281. The normalized spacial score (nSPS) is 29.8. The van der Waals surface area contributed by atoms with Crippen LogP contribution in [0.2, 0.25) is 0 Å². The first-order valence-electron chi connectivity index (χ1n) is 7.48. The Balaban J connectivity index is 1.66. The lowest BCUT2D eigenvalue weighted by Gasteiger charge is -2.31. The van der Waals surface area contributed by atoms with Gasteiger partial charge in [0.1, 0.15) is 18.1 Å². The van der Waals surface area contributed by atoms with Crippen LogP contribution in [-0.2, 0) is 0 Å². The molecule has 1 heterocycles. The van der Waals surface area contributed by atoms with Crippen molar-refractivity contribution < 1.29 is 9.84 Å². The zero-order valence-electron chi connectivity index (χ0n) is 11.6. The van der Waals surface area contributed by atoms with Crippen LogP contribution < -0.4 is 10.1 Å². The Hall–Kier alpha value is -1.22. The van der Waals surface area contributed by atoms with Crippen LogP contribution in [0.25, 0.3) is 0 Å². The molecule has 1 aromatic carbocycles. The first kappa shape index (κ1) is 12.8. The molecular formula is C16H23NO2. The highest BCUT2D eigenvalue weighted by Crippen LogP contribution is 2.36. The molecule has 1 aliphatic heterocycles. The van der Waals surface area contributed by atoms with Crippen molar-refractivity contribution in [3.8, 4) is 11.5 Å². The topological polar surface area (TPSA) is 41.5 Å². The quantitative estimate of drug-likeness (QED) is 0.876. The molecule has 1 aromatic rings. The maximum Gasteiger partial charge on any atom is 0.127 e. The van der Waals surface area contributed by atoms with Gasteiger partial charge >= 0.3 is 0 Å². The average molecular weight is 261 g/mol. The first-order valence-corrected chi connectivity index (χ1v) is 7.48. The molecule has 1 saturated carbocycles. The average Bonchev–Trinajstić information content (AvgIpc) is 2.81. The number of phenolic OH excluding ortho intramolecular Hbond substituents is 1. The van der Waals surface area contributed by atoms with E-state index in [1.54, 1.807) is 12.1 Å². The number of fused-ring (bicyclic) bond motifs is 1. The molecule has 1 aliphatic carbocycles. The maximum absolute atomic E-state index is 9.47. The zero-order chi connectivity index (χ0) is 13.2. The van der Waals surface area contributed by atoms with Gasteiger partial charge in [0, 0.05) is 17.7 Å². The van der Waals surface area contributed by atoms with Gasteiger partial charge in [-0.3, -0.25) is 0 Å². The lowest BCUT2D eigenvalue weighted by Crippen LogP contribution is -2.37. The molecule has 3 rings (SSSR count). The second-order valence-corrected chi connectivity index (χ2v) is 5.89. The van der Waals surface area contributed by atoms with Gasteiger partial charge in [-0.1, -0.05) is 26.2 Å². The molecule has 3 atom stereocenters. The second kappa shape index (κ2) is 5.41. The molecule has 0 spiro atoms. The van der Waals surface area contributed by atoms with Crippen LogP contribution in [0.5, 0.6) is 11.5 Å². The number of hydrogen-bond acceptors (Lipinski definition) is 3.